The smallest absolute Gasteiger partial charge is 0.251 e. The molecule has 0 bridgehead atoms. The van der Waals surface area contributed by atoms with Crippen LogP contribution in [-0.2, 0) is 4.79 Å². The Kier molecular flexibility index (Phi) is 1.12. The van der Waals surface area contributed by atoms with Crippen LogP contribution >= 0.6 is 0 Å². The van der Waals surface area contributed by atoms with Gasteiger partial charge in [0.05, 0.1) is 6.42 Å². The second-order valence-electron chi connectivity index (χ2n) is 1.59. The Morgan fingerprint density at radius 1 is 1.75 bits per heavy atom. The monoisotopic (exact) mass is 110 g/mol. The van der Waals surface area contributed by atoms with Crippen LogP contribution in [0.3, 0.4) is 0 Å². The van der Waals surface area contributed by atoms with E-state index in [0.717, 1.165) is 0 Å². The zero-order valence-electron chi connectivity index (χ0n) is 4.29. The average Bonchev–Trinajstić information content (AvgIpc) is 1.64. The number of nitrogens with two attached hydrogens (primary N) is 1. The number of nitrogens with zero attached hydrogens (tertiary/aromatic N) is 1. The topological polar surface area (TPSA) is 55.4 Å². The van der Waals surface area contributed by atoms with E-state index in [1.165, 1.54) is 6.21 Å². The molecule has 2 N–H and O–H groups in total. The zero-order chi connectivity index (χ0) is 5.98. The van der Waals surface area contributed by atoms with Crippen LogP contribution in [0.15, 0.2) is 16.8 Å². The van der Waals surface area contributed by atoms with Gasteiger partial charge in [0.1, 0.15) is 0 Å². The molecule has 0 unspecified atom stereocenters. The molecule has 0 aliphatic carbocycles. The molecule has 3 heteroatoms. The Bertz CT molecular complexity index is 169. The Morgan fingerprint density at radius 2 is 2.50 bits per heavy atom. The maximum Gasteiger partial charge on any atom is 0.251 e. The summed E-state index contributed by atoms with van der Waals surface area (Å²) < 4.78 is 0. The van der Waals surface area contributed by atoms with Crippen LogP contribution in [-0.4, -0.2) is 12.1 Å². The second-order valence-corrected chi connectivity index (χ2v) is 1.59. The highest BCUT2D eigenvalue weighted by molar-refractivity contribution is 5.93. The van der Waals surface area contributed by atoms with Crippen LogP contribution in [0.25, 0.3) is 0 Å². The number of aliphatic imine (C=N–C) groups is 1. The lowest BCUT2D eigenvalue weighted by Crippen LogP contribution is -2.07. The molecule has 0 aromatic rings. The SMILES string of the molecule is NC1=CC=NC(=O)C1. The molecule has 1 rings (SSSR count). The summed E-state index contributed by atoms with van der Waals surface area (Å²) in [5.41, 5.74) is 5.86. The van der Waals surface area contributed by atoms with Crippen LogP contribution in [0.1, 0.15) is 6.42 Å². The molecule has 0 saturated heterocycles. The Balaban J connectivity index is 2.73. The average molecular weight is 110 g/mol. The van der Waals surface area contributed by atoms with Gasteiger partial charge in [-0.25, -0.2) is 4.99 Å². The van der Waals surface area contributed by atoms with Crippen molar-refractivity contribution in [3.63, 3.8) is 0 Å². The fourth-order valence-corrected chi connectivity index (χ4v) is 0.495. The summed E-state index contributed by atoms with van der Waals surface area (Å²) in [6.45, 7) is 0. The summed E-state index contributed by atoms with van der Waals surface area (Å²) in [5, 5.41) is 0. The van der Waals surface area contributed by atoms with Crippen LogP contribution in [0, 0.1) is 0 Å². The molecule has 1 aliphatic heterocycles. The Morgan fingerprint density at radius 3 is 2.88 bits per heavy atom. The summed E-state index contributed by atoms with van der Waals surface area (Å²) in [5.74, 6) is -0.162. The van der Waals surface area contributed by atoms with Gasteiger partial charge in [0.2, 0.25) is 0 Å². The number of hydrogen-bond donors (Lipinski definition) is 1. The van der Waals surface area contributed by atoms with E-state index in [-0.39, 0.29) is 12.3 Å². The van der Waals surface area contributed by atoms with Crippen molar-refractivity contribution in [2.24, 2.45) is 10.7 Å². The van der Waals surface area contributed by atoms with Gasteiger partial charge in [-0.1, -0.05) is 0 Å². The molecule has 3 nitrogen and oxygen atoms in total. The third-order valence-corrected chi connectivity index (χ3v) is 0.862. The lowest BCUT2D eigenvalue weighted by atomic mass is 10.2. The molecule has 1 heterocycles. The van der Waals surface area contributed by atoms with E-state index in [9.17, 15) is 4.79 Å². The van der Waals surface area contributed by atoms with Gasteiger partial charge in [-0.15, -0.1) is 0 Å². The number of carbonyl (C=O) groups excluding carboxylic acids is 1. The van der Waals surface area contributed by atoms with Crippen molar-refractivity contribution < 1.29 is 4.79 Å². The third-order valence-electron chi connectivity index (χ3n) is 0.862. The number of dihydropyridines is 1. The second kappa shape index (κ2) is 1.78. The predicted octanol–water partition coefficient (Wildman–Crippen LogP) is -0.170. The quantitative estimate of drug-likeness (QED) is 0.470. The highest BCUT2D eigenvalue weighted by atomic mass is 16.1. The van der Waals surface area contributed by atoms with Gasteiger partial charge >= 0.3 is 0 Å². The fourth-order valence-electron chi connectivity index (χ4n) is 0.495. The van der Waals surface area contributed by atoms with Gasteiger partial charge in [-0.3, -0.25) is 4.79 Å². The molecule has 0 aromatic carbocycles. The summed E-state index contributed by atoms with van der Waals surface area (Å²) in [4.78, 5) is 13.8. The molecule has 0 fully saturated rings. The Labute approximate surface area is 46.9 Å². The summed E-state index contributed by atoms with van der Waals surface area (Å²) in [7, 11) is 0. The number of hydrogen-bond acceptors (Lipinski definition) is 2. The number of allylic oxidation sites excluding steroid dienone is 1. The van der Waals surface area contributed by atoms with Crippen molar-refractivity contribution in [3.05, 3.63) is 11.8 Å². The van der Waals surface area contributed by atoms with Gasteiger partial charge in [0.25, 0.3) is 5.91 Å². The molecule has 8 heavy (non-hydrogen) atoms. The molecule has 0 radical (unpaired) electrons. The molecule has 0 spiro atoms. The van der Waals surface area contributed by atoms with Crippen LogP contribution in [0.5, 0.6) is 0 Å². The largest absolute Gasteiger partial charge is 0.402 e. The van der Waals surface area contributed by atoms with Crippen LogP contribution in [0.4, 0.5) is 0 Å². The number of amides is 1. The van der Waals surface area contributed by atoms with Crippen molar-refractivity contribution in [1.29, 1.82) is 0 Å². The molecule has 1 aliphatic rings. The fraction of sp³-hybridized carbons (Fsp3) is 0.200. The molecule has 1 amide bonds. The van der Waals surface area contributed by atoms with Gasteiger partial charge in [0.15, 0.2) is 0 Å². The van der Waals surface area contributed by atoms with Crippen molar-refractivity contribution in [2.45, 2.75) is 6.42 Å². The third kappa shape index (κ3) is 0.932. The van der Waals surface area contributed by atoms with E-state index in [0.29, 0.717) is 5.70 Å². The molecule has 0 atom stereocenters. The Hall–Kier alpha value is -1.12. The molecular formula is C5H6N2O. The van der Waals surface area contributed by atoms with E-state index in [1.807, 2.05) is 0 Å². The van der Waals surface area contributed by atoms with E-state index in [2.05, 4.69) is 4.99 Å². The lowest BCUT2D eigenvalue weighted by Gasteiger charge is -1.97. The molecule has 0 aromatic heterocycles. The maximum absolute atomic E-state index is 10.4. The highest BCUT2D eigenvalue weighted by Crippen LogP contribution is 1.97. The molecule has 0 saturated carbocycles. The number of rotatable bonds is 0. The highest BCUT2D eigenvalue weighted by Gasteiger charge is 2.02. The van der Waals surface area contributed by atoms with E-state index >= 15 is 0 Å². The standard InChI is InChI=1S/C5H6N2O/c6-4-1-2-7-5(8)3-4/h1-2H,3,6H2. The maximum atomic E-state index is 10.4. The first-order valence-corrected chi connectivity index (χ1v) is 2.30. The summed E-state index contributed by atoms with van der Waals surface area (Å²) in [6.07, 6.45) is 3.32. The summed E-state index contributed by atoms with van der Waals surface area (Å²) >= 11 is 0. The predicted molar refractivity (Wildman–Crippen MR) is 30.4 cm³/mol. The van der Waals surface area contributed by atoms with Crippen LogP contribution < -0.4 is 5.73 Å². The van der Waals surface area contributed by atoms with Crippen molar-refractivity contribution in [3.8, 4) is 0 Å². The summed E-state index contributed by atoms with van der Waals surface area (Å²) in [6, 6.07) is 0. The van der Waals surface area contributed by atoms with E-state index < -0.39 is 0 Å². The first kappa shape index (κ1) is 5.03. The van der Waals surface area contributed by atoms with Gasteiger partial charge in [-0.05, 0) is 6.08 Å². The van der Waals surface area contributed by atoms with Gasteiger partial charge in [-0.2, -0.15) is 0 Å². The minimum Gasteiger partial charge on any atom is -0.402 e. The minimum atomic E-state index is -0.162. The zero-order valence-corrected chi connectivity index (χ0v) is 4.29. The van der Waals surface area contributed by atoms with Crippen LogP contribution in [0.2, 0.25) is 0 Å². The van der Waals surface area contributed by atoms with Gasteiger partial charge in [0, 0.05) is 11.9 Å². The number of carbonyl (C=O) groups is 1. The molecular weight excluding hydrogens is 104 g/mol. The van der Waals surface area contributed by atoms with Crippen molar-refractivity contribution in [1.82, 2.24) is 0 Å². The van der Waals surface area contributed by atoms with Gasteiger partial charge < -0.3 is 5.73 Å². The first-order chi connectivity index (χ1) is 3.79. The van der Waals surface area contributed by atoms with Crippen molar-refractivity contribution >= 4 is 12.1 Å². The first-order valence-electron chi connectivity index (χ1n) is 2.30. The van der Waals surface area contributed by atoms with E-state index in [1.54, 1.807) is 6.08 Å². The van der Waals surface area contributed by atoms with E-state index in [4.69, 9.17) is 5.73 Å². The van der Waals surface area contributed by atoms with Crippen molar-refractivity contribution in [2.75, 3.05) is 0 Å². The normalized spacial score (nSPS) is 18.5. The molecule has 42 valence electrons. The lowest BCUT2D eigenvalue weighted by molar-refractivity contribution is -0.117. The minimum absolute atomic E-state index is 0.162.